The first kappa shape index (κ1) is 17.7. The van der Waals surface area contributed by atoms with Crippen LogP contribution >= 0.6 is 0 Å². The number of primary amides is 1. The van der Waals surface area contributed by atoms with E-state index in [1.807, 2.05) is 13.0 Å². The largest absolute Gasteiger partial charge is 0.364 e. The minimum Gasteiger partial charge on any atom is -0.364 e. The van der Waals surface area contributed by atoms with E-state index in [-0.39, 0.29) is 23.3 Å². The van der Waals surface area contributed by atoms with E-state index in [9.17, 15) is 14.0 Å². The van der Waals surface area contributed by atoms with Gasteiger partial charge in [0.2, 0.25) is 5.91 Å². The zero-order chi connectivity index (χ0) is 17.7. The Morgan fingerprint density at radius 2 is 2.17 bits per heavy atom. The van der Waals surface area contributed by atoms with Crippen LogP contribution in [0.1, 0.15) is 36.3 Å². The van der Waals surface area contributed by atoms with E-state index in [1.54, 1.807) is 19.2 Å². The lowest BCUT2D eigenvalue weighted by atomic mass is 10.0. The van der Waals surface area contributed by atoms with Crippen molar-refractivity contribution in [2.75, 3.05) is 5.32 Å². The highest BCUT2D eigenvalue weighted by atomic mass is 19.1. The number of benzene rings is 1. The number of carbonyl (C=O) groups is 2. The molecular weight excluding hydrogens is 311 g/mol. The molecule has 0 saturated heterocycles. The Morgan fingerprint density at radius 3 is 2.79 bits per heavy atom. The Balaban J connectivity index is 1.99. The quantitative estimate of drug-likeness (QED) is 0.815. The number of hydrogen-bond donors (Lipinski definition) is 2. The Labute approximate surface area is 139 Å². The van der Waals surface area contributed by atoms with Crippen molar-refractivity contribution < 1.29 is 14.0 Å². The predicted molar refractivity (Wildman–Crippen MR) is 88.9 cm³/mol. The Hall–Kier alpha value is -2.70. The average Bonchev–Trinajstić information content (AvgIpc) is 2.96. The molecule has 1 unspecified atom stereocenters. The van der Waals surface area contributed by atoms with Gasteiger partial charge >= 0.3 is 0 Å². The molecule has 6 nitrogen and oxygen atoms in total. The van der Waals surface area contributed by atoms with E-state index in [2.05, 4.69) is 10.4 Å². The van der Waals surface area contributed by atoms with Gasteiger partial charge < -0.3 is 11.1 Å². The molecule has 0 spiro atoms. The lowest BCUT2D eigenvalue weighted by Crippen LogP contribution is -2.23. The maximum absolute atomic E-state index is 13.2. The molecule has 1 heterocycles. The van der Waals surface area contributed by atoms with E-state index in [0.29, 0.717) is 25.1 Å². The van der Waals surface area contributed by atoms with E-state index < -0.39 is 5.91 Å². The molecule has 0 fully saturated rings. The third-order valence-corrected chi connectivity index (χ3v) is 3.78. The normalized spacial score (nSPS) is 12.0. The third kappa shape index (κ3) is 4.41. The molecule has 1 aromatic heterocycles. The van der Waals surface area contributed by atoms with E-state index in [0.717, 1.165) is 5.56 Å². The topological polar surface area (TPSA) is 90.0 Å². The number of halogens is 1. The molecule has 2 aromatic rings. The van der Waals surface area contributed by atoms with Gasteiger partial charge in [-0.15, -0.1) is 0 Å². The molecule has 1 aromatic carbocycles. The second-order valence-electron chi connectivity index (χ2n) is 5.67. The Kier molecular flexibility index (Phi) is 5.68. The molecule has 0 aliphatic rings. The number of amides is 2. The van der Waals surface area contributed by atoms with Crippen molar-refractivity contribution in [3.05, 3.63) is 47.5 Å². The maximum atomic E-state index is 13.2. The second kappa shape index (κ2) is 7.72. The van der Waals surface area contributed by atoms with Crippen LogP contribution in [-0.4, -0.2) is 21.6 Å². The Morgan fingerprint density at radius 1 is 1.42 bits per heavy atom. The Bertz CT molecular complexity index is 742. The number of aryl methyl sites for hydroxylation is 2. The summed E-state index contributed by atoms with van der Waals surface area (Å²) in [6, 6.07) is 6.31. The van der Waals surface area contributed by atoms with Crippen LogP contribution in [-0.2, 0) is 17.8 Å². The van der Waals surface area contributed by atoms with Crippen LogP contribution in [0.2, 0.25) is 0 Å². The highest BCUT2D eigenvalue weighted by Gasteiger charge is 2.19. The summed E-state index contributed by atoms with van der Waals surface area (Å²) in [4.78, 5) is 23.7. The first-order valence-corrected chi connectivity index (χ1v) is 7.83. The van der Waals surface area contributed by atoms with Gasteiger partial charge in [-0.3, -0.25) is 14.3 Å². The molecule has 0 radical (unpaired) electrons. The first-order valence-electron chi connectivity index (χ1n) is 7.83. The molecule has 24 heavy (non-hydrogen) atoms. The van der Waals surface area contributed by atoms with Crippen molar-refractivity contribution in [3.8, 4) is 0 Å². The van der Waals surface area contributed by atoms with Gasteiger partial charge in [0.05, 0.1) is 5.69 Å². The molecule has 2 amide bonds. The summed E-state index contributed by atoms with van der Waals surface area (Å²) in [7, 11) is 0. The summed E-state index contributed by atoms with van der Waals surface area (Å²) in [5, 5.41) is 6.73. The SMILES string of the molecule is CCn1cc(NC(=O)C(C)CCc2cccc(F)c2)c(C(N)=O)n1. The van der Waals surface area contributed by atoms with Gasteiger partial charge in [0.15, 0.2) is 5.69 Å². The van der Waals surface area contributed by atoms with Crippen molar-refractivity contribution in [3.63, 3.8) is 0 Å². The van der Waals surface area contributed by atoms with Crippen molar-refractivity contribution in [1.82, 2.24) is 9.78 Å². The summed E-state index contributed by atoms with van der Waals surface area (Å²) in [5.74, 6) is -1.52. The molecule has 128 valence electrons. The van der Waals surface area contributed by atoms with Gasteiger partial charge in [0.25, 0.3) is 5.91 Å². The van der Waals surface area contributed by atoms with Gasteiger partial charge in [-0.2, -0.15) is 5.10 Å². The smallest absolute Gasteiger partial charge is 0.271 e. The van der Waals surface area contributed by atoms with Crippen LogP contribution in [0, 0.1) is 11.7 Å². The standard InChI is InChI=1S/C17H21FN4O2/c1-3-22-10-14(15(21-22)16(19)23)20-17(24)11(2)7-8-12-5-4-6-13(18)9-12/h4-6,9-11H,3,7-8H2,1-2H3,(H2,19,23)(H,20,24). The number of nitrogens with one attached hydrogen (secondary N) is 1. The lowest BCUT2D eigenvalue weighted by molar-refractivity contribution is -0.119. The molecule has 0 aliphatic heterocycles. The molecule has 2 rings (SSSR count). The summed E-state index contributed by atoms with van der Waals surface area (Å²) in [6.45, 7) is 4.21. The first-order chi connectivity index (χ1) is 11.4. The number of aromatic nitrogens is 2. The monoisotopic (exact) mass is 332 g/mol. The number of nitrogens with two attached hydrogens (primary N) is 1. The highest BCUT2D eigenvalue weighted by molar-refractivity contribution is 6.01. The molecule has 0 bridgehead atoms. The van der Waals surface area contributed by atoms with Gasteiger partial charge in [0.1, 0.15) is 5.82 Å². The summed E-state index contributed by atoms with van der Waals surface area (Å²) in [5.41, 5.74) is 6.48. The summed E-state index contributed by atoms with van der Waals surface area (Å²) in [6.07, 6.45) is 2.73. The van der Waals surface area contributed by atoms with Gasteiger partial charge in [-0.1, -0.05) is 19.1 Å². The number of anilines is 1. The van der Waals surface area contributed by atoms with Gasteiger partial charge in [-0.05, 0) is 37.5 Å². The highest BCUT2D eigenvalue weighted by Crippen LogP contribution is 2.17. The van der Waals surface area contributed by atoms with E-state index >= 15 is 0 Å². The summed E-state index contributed by atoms with van der Waals surface area (Å²) >= 11 is 0. The number of hydrogen-bond acceptors (Lipinski definition) is 3. The summed E-state index contributed by atoms with van der Waals surface area (Å²) < 4.78 is 14.7. The molecule has 3 N–H and O–H groups in total. The third-order valence-electron chi connectivity index (χ3n) is 3.78. The van der Waals surface area contributed by atoms with Gasteiger partial charge in [0, 0.05) is 18.7 Å². The van der Waals surface area contributed by atoms with Crippen LogP contribution in [0.15, 0.2) is 30.5 Å². The van der Waals surface area contributed by atoms with E-state index in [1.165, 1.54) is 16.8 Å². The van der Waals surface area contributed by atoms with E-state index in [4.69, 9.17) is 5.73 Å². The maximum Gasteiger partial charge on any atom is 0.271 e. The fraction of sp³-hybridized carbons (Fsp3) is 0.353. The fourth-order valence-corrected chi connectivity index (χ4v) is 2.32. The van der Waals surface area contributed by atoms with Crippen LogP contribution in [0.25, 0.3) is 0 Å². The number of carbonyl (C=O) groups excluding carboxylic acids is 2. The predicted octanol–water partition coefficient (Wildman–Crippen LogP) is 2.35. The molecule has 0 saturated carbocycles. The lowest BCUT2D eigenvalue weighted by Gasteiger charge is -2.11. The fourth-order valence-electron chi connectivity index (χ4n) is 2.32. The van der Waals surface area contributed by atoms with Crippen molar-refractivity contribution in [1.29, 1.82) is 0 Å². The van der Waals surface area contributed by atoms with Crippen molar-refractivity contribution in [2.24, 2.45) is 11.7 Å². The molecule has 1 atom stereocenters. The van der Waals surface area contributed by atoms with Crippen molar-refractivity contribution in [2.45, 2.75) is 33.2 Å². The molecular formula is C17H21FN4O2. The molecule has 0 aliphatic carbocycles. The van der Waals surface area contributed by atoms with Crippen LogP contribution in [0.5, 0.6) is 0 Å². The minimum atomic E-state index is -0.690. The van der Waals surface area contributed by atoms with Crippen LogP contribution < -0.4 is 11.1 Å². The second-order valence-corrected chi connectivity index (χ2v) is 5.67. The number of nitrogens with zero attached hydrogens (tertiary/aromatic N) is 2. The van der Waals surface area contributed by atoms with Crippen LogP contribution in [0.4, 0.5) is 10.1 Å². The minimum absolute atomic E-state index is 0.0440. The zero-order valence-electron chi connectivity index (χ0n) is 13.8. The van der Waals surface area contributed by atoms with Crippen LogP contribution in [0.3, 0.4) is 0 Å². The average molecular weight is 332 g/mol. The zero-order valence-corrected chi connectivity index (χ0v) is 13.8. The molecule has 7 heteroatoms. The number of rotatable bonds is 7. The van der Waals surface area contributed by atoms with Gasteiger partial charge in [-0.25, -0.2) is 4.39 Å². The van der Waals surface area contributed by atoms with Crippen molar-refractivity contribution >= 4 is 17.5 Å².